The zero-order chi connectivity index (χ0) is 24.2. The van der Waals surface area contributed by atoms with Crippen molar-refractivity contribution in [1.82, 2.24) is 24.8 Å². The predicted molar refractivity (Wildman–Crippen MR) is 134 cm³/mol. The minimum Gasteiger partial charge on any atom is -0.481 e. The van der Waals surface area contributed by atoms with E-state index in [4.69, 9.17) is 9.84 Å². The summed E-state index contributed by atoms with van der Waals surface area (Å²) in [6.45, 7) is 3.83. The first kappa shape index (κ1) is 22.2. The van der Waals surface area contributed by atoms with Crippen molar-refractivity contribution in [2.24, 2.45) is 0 Å². The van der Waals surface area contributed by atoms with Crippen LogP contribution in [0.5, 0.6) is 5.75 Å². The van der Waals surface area contributed by atoms with E-state index >= 15 is 0 Å². The van der Waals surface area contributed by atoms with Crippen molar-refractivity contribution in [3.05, 3.63) is 90.8 Å². The summed E-state index contributed by atoms with van der Waals surface area (Å²) < 4.78 is 7.50. The molecule has 8 nitrogen and oxygen atoms in total. The highest BCUT2D eigenvalue weighted by atomic mass is 16.5. The van der Waals surface area contributed by atoms with Crippen molar-refractivity contribution in [2.75, 3.05) is 5.32 Å². The Morgan fingerprint density at radius 2 is 1.83 bits per heavy atom. The second kappa shape index (κ2) is 9.72. The van der Waals surface area contributed by atoms with Crippen LogP contribution in [0.4, 0.5) is 5.69 Å². The van der Waals surface area contributed by atoms with Gasteiger partial charge in [0.05, 0.1) is 5.69 Å². The zero-order valence-electron chi connectivity index (χ0n) is 19.4. The van der Waals surface area contributed by atoms with E-state index in [1.165, 1.54) is 5.56 Å². The maximum Gasteiger partial charge on any atom is 0.265 e. The van der Waals surface area contributed by atoms with Crippen LogP contribution in [0.2, 0.25) is 0 Å². The third kappa shape index (κ3) is 4.86. The van der Waals surface area contributed by atoms with Gasteiger partial charge in [-0.05, 0) is 67.4 Å². The summed E-state index contributed by atoms with van der Waals surface area (Å²) in [5.41, 5.74) is 4.90. The lowest BCUT2D eigenvalue weighted by atomic mass is 10.1. The maximum atomic E-state index is 12.8. The van der Waals surface area contributed by atoms with Gasteiger partial charge in [-0.15, -0.1) is 10.2 Å². The Hall–Kier alpha value is -4.59. The molecule has 8 heteroatoms. The van der Waals surface area contributed by atoms with Gasteiger partial charge in [-0.2, -0.15) is 9.61 Å². The summed E-state index contributed by atoms with van der Waals surface area (Å²) >= 11 is 0. The molecule has 1 N–H and O–H groups in total. The average molecular weight is 465 g/mol. The Morgan fingerprint density at radius 1 is 1.00 bits per heavy atom. The quantitative estimate of drug-likeness (QED) is 0.371. The molecule has 3 aromatic heterocycles. The second-order valence-corrected chi connectivity index (χ2v) is 8.08. The fourth-order valence-electron chi connectivity index (χ4n) is 3.68. The van der Waals surface area contributed by atoms with E-state index in [1.807, 2.05) is 72.8 Å². The number of rotatable bonds is 7. The summed E-state index contributed by atoms with van der Waals surface area (Å²) in [7, 11) is 0. The second-order valence-electron chi connectivity index (χ2n) is 8.08. The fraction of sp³-hybridized carbons (Fsp3) is 0.148. The van der Waals surface area contributed by atoms with Crippen molar-refractivity contribution in [3.63, 3.8) is 0 Å². The minimum absolute atomic E-state index is 0.234. The summed E-state index contributed by atoms with van der Waals surface area (Å²) in [5.74, 6) is 1.04. The molecule has 0 spiro atoms. The number of hydrogen-bond acceptors (Lipinski definition) is 6. The standard InChI is InChI=1S/C27H24N6O2/c1-3-19-9-11-23(12-10-19)35-18(2)27(34)29-22-8-4-6-20(16-22)24-13-14-25-30-31-26(33(25)32-24)21-7-5-15-28-17-21/h4-18H,3H2,1-2H3,(H,29,34). The molecule has 0 saturated heterocycles. The van der Waals surface area contributed by atoms with Crippen LogP contribution in [0.15, 0.2) is 85.2 Å². The van der Waals surface area contributed by atoms with Gasteiger partial charge in [-0.1, -0.05) is 31.2 Å². The Kier molecular flexibility index (Phi) is 6.17. The van der Waals surface area contributed by atoms with Crippen LogP contribution in [-0.4, -0.2) is 36.8 Å². The number of hydrogen-bond donors (Lipinski definition) is 1. The van der Waals surface area contributed by atoms with Crippen LogP contribution in [0, 0.1) is 0 Å². The van der Waals surface area contributed by atoms with Gasteiger partial charge in [0.25, 0.3) is 5.91 Å². The number of nitrogens with one attached hydrogen (secondary N) is 1. The van der Waals surface area contributed by atoms with E-state index in [-0.39, 0.29) is 5.91 Å². The molecule has 0 aliphatic carbocycles. The van der Waals surface area contributed by atoms with Gasteiger partial charge < -0.3 is 10.1 Å². The molecule has 5 aromatic rings. The van der Waals surface area contributed by atoms with Gasteiger partial charge in [0.2, 0.25) is 0 Å². The molecule has 1 unspecified atom stereocenters. The first-order valence-corrected chi connectivity index (χ1v) is 11.4. The number of pyridine rings is 1. The fourth-order valence-corrected chi connectivity index (χ4v) is 3.68. The number of aromatic nitrogens is 5. The first-order chi connectivity index (χ1) is 17.1. The SMILES string of the molecule is CCc1ccc(OC(C)C(=O)Nc2cccc(-c3ccc4nnc(-c5cccnc5)n4n3)c2)cc1. The van der Waals surface area contributed by atoms with Crippen molar-refractivity contribution in [2.45, 2.75) is 26.4 Å². The lowest BCUT2D eigenvalue weighted by molar-refractivity contribution is -0.122. The van der Waals surface area contributed by atoms with Crippen LogP contribution in [-0.2, 0) is 11.2 Å². The summed E-state index contributed by atoms with van der Waals surface area (Å²) in [6, 6.07) is 22.8. The number of nitrogens with zero attached hydrogens (tertiary/aromatic N) is 5. The number of anilines is 1. The summed E-state index contributed by atoms with van der Waals surface area (Å²) in [5, 5.41) is 16.1. The number of carbonyl (C=O) groups is 1. The number of aryl methyl sites for hydroxylation is 1. The number of amides is 1. The molecule has 5 rings (SSSR count). The van der Waals surface area contributed by atoms with Crippen LogP contribution in [0.25, 0.3) is 28.3 Å². The molecule has 0 saturated carbocycles. The smallest absolute Gasteiger partial charge is 0.265 e. The third-order valence-corrected chi connectivity index (χ3v) is 5.62. The normalized spacial score (nSPS) is 11.8. The molecule has 0 aliphatic rings. The van der Waals surface area contributed by atoms with Gasteiger partial charge in [-0.3, -0.25) is 9.78 Å². The van der Waals surface area contributed by atoms with E-state index in [1.54, 1.807) is 23.8 Å². The lowest BCUT2D eigenvalue weighted by Gasteiger charge is -2.15. The largest absolute Gasteiger partial charge is 0.481 e. The van der Waals surface area contributed by atoms with E-state index in [0.717, 1.165) is 23.2 Å². The highest BCUT2D eigenvalue weighted by Gasteiger charge is 2.16. The van der Waals surface area contributed by atoms with Crippen LogP contribution >= 0.6 is 0 Å². The highest BCUT2D eigenvalue weighted by molar-refractivity contribution is 5.94. The third-order valence-electron chi connectivity index (χ3n) is 5.62. The number of fused-ring (bicyclic) bond motifs is 1. The van der Waals surface area contributed by atoms with Crippen molar-refractivity contribution < 1.29 is 9.53 Å². The van der Waals surface area contributed by atoms with E-state index < -0.39 is 6.10 Å². The molecule has 35 heavy (non-hydrogen) atoms. The molecular weight excluding hydrogens is 440 g/mol. The van der Waals surface area contributed by atoms with Crippen LogP contribution < -0.4 is 10.1 Å². The molecule has 3 heterocycles. The van der Waals surface area contributed by atoms with Crippen LogP contribution in [0.3, 0.4) is 0 Å². The molecule has 2 aromatic carbocycles. The van der Waals surface area contributed by atoms with Crippen molar-refractivity contribution in [1.29, 1.82) is 0 Å². The Morgan fingerprint density at radius 3 is 2.60 bits per heavy atom. The number of ether oxygens (including phenoxy) is 1. The van der Waals surface area contributed by atoms with Gasteiger partial charge in [0.1, 0.15) is 5.75 Å². The number of benzene rings is 2. The first-order valence-electron chi connectivity index (χ1n) is 11.4. The van der Waals surface area contributed by atoms with Gasteiger partial charge >= 0.3 is 0 Å². The minimum atomic E-state index is -0.653. The number of carbonyl (C=O) groups excluding carboxylic acids is 1. The molecule has 0 fully saturated rings. The summed E-state index contributed by atoms with van der Waals surface area (Å²) in [6.07, 6.45) is 3.73. The van der Waals surface area contributed by atoms with Gasteiger partial charge in [-0.25, -0.2) is 0 Å². The average Bonchev–Trinajstić information content (AvgIpc) is 3.33. The monoisotopic (exact) mass is 464 g/mol. The Labute approximate surface area is 202 Å². The van der Waals surface area contributed by atoms with Gasteiger partial charge in [0, 0.05) is 29.2 Å². The molecular formula is C27H24N6O2. The molecule has 1 atom stereocenters. The van der Waals surface area contributed by atoms with E-state index in [9.17, 15) is 4.79 Å². The van der Waals surface area contributed by atoms with Crippen LogP contribution in [0.1, 0.15) is 19.4 Å². The molecule has 0 aliphatic heterocycles. The molecule has 1 amide bonds. The Bertz CT molecular complexity index is 1460. The lowest BCUT2D eigenvalue weighted by Crippen LogP contribution is -2.30. The van der Waals surface area contributed by atoms with E-state index in [0.29, 0.717) is 22.9 Å². The molecule has 174 valence electrons. The predicted octanol–water partition coefficient (Wildman–Crippen LogP) is 4.82. The highest BCUT2D eigenvalue weighted by Crippen LogP contribution is 2.23. The maximum absolute atomic E-state index is 12.8. The van der Waals surface area contributed by atoms with Gasteiger partial charge in [0.15, 0.2) is 17.6 Å². The Balaban J connectivity index is 1.34. The van der Waals surface area contributed by atoms with Crippen molar-refractivity contribution in [3.8, 4) is 28.4 Å². The van der Waals surface area contributed by atoms with E-state index in [2.05, 4.69) is 27.4 Å². The topological polar surface area (TPSA) is 94.3 Å². The molecule has 0 radical (unpaired) electrons. The van der Waals surface area contributed by atoms with Crippen molar-refractivity contribution >= 4 is 17.2 Å². The zero-order valence-corrected chi connectivity index (χ0v) is 19.4. The summed E-state index contributed by atoms with van der Waals surface area (Å²) in [4.78, 5) is 16.9. The molecule has 0 bridgehead atoms.